The fraction of sp³-hybridized carbons (Fsp3) is 0.625. The molecule has 0 radical (unpaired) electrons. The lowest BCUT2D eigenvalue weighted by molar-refractivity contribution is 0.0551. The average Bonchev–Trinajstić information content (AvgIpc) is 2.44. The molecule has 0 bridgehead atoms. The summed E-state index contributed by atoms with van der Waals surface area (Å²) in [6, 6.07) is 6.57. The van der Waals surface area contributed by atoms with Crippen molar-refractivity contribution in [2.75, 3.05) is 19.6 Å². The molecule has 3 aliphatic rings. The number of hydrogen-bond donors (Lipinski definition) is 1. The van der Waals surface area contributed by atoms with Crippen LogP contribution in [0, 0.1) is 11.7 Å². The van der Waals surface area contributed by atoms with E-state index < -0.39 is 0 Å². The van der Waals surface area contributed by atoms with Crippen LogP contribution in [0.5, 0.6) is 0 Å². The molecular formula is C16H21FN2. The Labute approximate surface area is 114 Å². The molecule has 0 saturated carbocycles. The van der Waals surface area contributed by atoms with E-state index in [2.05, 4.69) is 10.2 Å². The number of rotatable bonds is 0. The maximum absolute atomic E-state index is 13.4. The lowest BCUT2D eigenvalue weighted by Crippen LogP contribution is -2.54. The summed E-state index contributed by atoms with van der Waals surface area (Å²) in [5.41, 5.74) is 2.61. The van der Waals surface area contributed by atoms with Crippen molar-refractivity contribution in [2.45, 2.75) is 37.8 Å². The van der Waals surface area contributed by atoms with Crippen LogP contribution in [0.1, 0.15) is 36.4 Å². The summed E-state index contributed by atoms with van der Waals surface area (Å²) in [6.07, 6.45) is 4.90. The molecule has 0 aromatic heterocycles. The van der Waals surface area contributed by atoms with Crippen molar-refractivity contribution in [3.8, 4) is 0 Å². The zero-order chi connectivity index (χ0) is 12.8. The molecular weight excluding hydrogens is 239 g/mol. The van der Waals surface area contributed by atoms with Crippen LogP contribution in [0.3, 0.4) is 0 Å². The van der Waals surface area contributed by atoms with E-state index in [1.165, 1.54) is 43.5 Å². The van der Waals surface area contributed by atoms with Crippen LogP contribution in [0.4, 0.5) is 4.39 Å². The Hall–Kier alpha value is -0.930. The smallest absolute Gasteiger partial charge is 0.123 e. The zero-order valence-electron chi connectivity index (χ0n) is 11.2. The summed E-state index contributed by atoms with van der Waals surface area (Å²) in [4.78, 5) is 2.63. The first-order valence-electron chi connectivity index (χ1n) is 7.57. The molecule has 2 nitrogen and oxygen atoms in total. The molecule has 102 valence electrons. The second-order valence-corrected chi connectivity index (χ2v) is 6.30. The summed E-state index contributed by atoms with van der Waals surface area (Å²) < 4.78 is 13.4. The van der Waals surface area contributed by atoms with Gasteiger partial charge >= 0.3 is 0 Å². The van der Waals surface area contributed by atoms with Gasteiger partial charge in [-0.05, 0) is 61.4 Å². The number of hydrogen-bond acceptors (Lipinski definition) is 2. The second-order valence-electron chi connectivity index (χ2n) is 6.30. The van der Waals surface area contributed by atoms with Crippen molar-refractivity contribution < 1.29 is 4.39 Å². The Morgan fingerprint density at radius 2 is 2.26 bits per heavy atom. The van der Waals surface area contributed by atoms with E-state index in [-0.39, 0.29) is 5.82 Å². The minimum atomic E-state index is -0.0864. The summed E-state index contributed by atoms with van der Waals surface area (Å²) >= 11 is 0. The Morgan fingerprint density at radius 3 is 3.21 bits per heavy atom. The molecule has 0 spiro atoms. The molecule has 2 fully saturated rings. The number of nitrogens with zero attached hydrogens (tertiary/aromatic N) is 1. The van der Waals surface area contributed by atoms with Gasteiger partial charge in [0.05, 0.1) is 0 Å². The number of nitrogens with one attached hydrogen (secondary N) is 1. The maximum Gasteiger partial charge on any atom is 0.123 e. The fourth-order valence-corrected chi connectivity index (χ4v) is 4.28. The van der Waals surface area contributed by atoms with Crippen LogP contribution in [0.2, 0.25) is 0 Å². The average molecular weight is 260 g/mol. The van der Waals surface area contributed by atoms with Gasteiger partial charge in [-0.25, -0.2) is 4.39 Å². The first kappa shape index (κ1) is 11.9. The molecule has 0 amide bonds. The Bertz CT molecular complexity index is 488. The Kier molecular flexibility index (Phi) is 2.85. The normalized spacial score (nSPS) is 34.3. The summed E-state index contributed by atoms with van der Waals surface area (Å²) in [5.74, 6) is 0.740. The van der Waals surface area contributed by atoms with Gasteiger partial charge in [0.25, 0.3) is 0 Å². The van der Waals surface area contributed by atoms with Gasteiger partial charge in [0.15, 0.2) is 0 Å². The Balaban J connectivity index is 1.65. The highest BCUT2D eigenvalue weighted by atomic mass is 19.1. The minimum Gasteiger partial charge on any atom is -0.314 e. The van der Waals surface area contributed by atoms with Crippen LogP contribution in [-0.4, -0.2) is 30.6 Å². The number of halogens is 1. The van der Waals surface area contributed by atoms with Crippen molar-refractivity contribution in [1.29, 1.82) is 0 Å². The van der Waals surface area contributed by atoms with E-state index in [0.717, 1.165) is 18.9 Å². The van der Waals surface area contributed by atoms with Crippen LogP contribution in [-0.2, 0) is 6.42 Å². The first-order chi connectivity index (χ1) is 9.31. The summed E-state index contributed by atoms with van der Waals surface area (Å²) in [6.45, 7) is 3.49. The molecule has 19 heavy (non-hydrogen) atoms. The summed E-state index contributed by atoms with van der Waals surface area (Å²) in [7, 11) is 0. The van der Waals surface area contributed by atoms with Crippen LogP contribution < -0.4 is 5.32 Å². The zero-order valence-corrected chi connectivity index (χ0v) is 11.2. The highest BCUT2D eigenvalue weighted by molar-refractivity contribution is 5.34. The molecule has 3 heterocycles. The molecule has 1 N–H and O–H groups in total. The minimum absolute atomic E-state index is 0.0864. The molecule has 3 heteroatoms. The molecule has 1 aromatic carbocycles. The molecule has 3 aliphatic heterocycles. The van der Waals surface area contributed by atoms with Crippen LogP contribution in [0.15, 0.2) is 18.2 Å². The van der Waals surface area contributed by atoms with Crippen molar-refractivity contribution in [2.24, 2.45) is 5.92 Å². The lowest BCUT2D eigenvalue weighted by Gasteiger charge is -2.49. The quantitative estimate of drug-likeness (QED) is 0.771. The third-order valence-corrected chi connectivity index (χ3v) is 5.25. The second kappa shape index (κ2) is 4.57. The highest BCUT2D eigenvalue weighted by Crippen LogP contribution is 2.40. The topological polar surface area (TPSA) is 15.3 Å². The van der Waals surface area contributed by atoms with Crippen molar-refractivity contribution in [1.82, 2.24) is 10.2 Å². The van der Waals surface area contributed by atoms with Gasteiger partial charge in [0, 0.05) is 25.2 Å². The van der Waals surface area contributed by atoms with Gasteiger partial charge in [-0.15, -0.1) is 0 Å². The highest BCUT2D eigenvalue weighted by Gasteiger charge is 2.39. The molecule has 2 saturated heterocycles. The molecule has 4 rings (SSSR count). The fourth-order valence-electron chi connectivity index (χ4n) is 4.28. The number of fused-ring (bicyclic) bond motifs is 4. The third-order valence-electron chi connectivity index (χ3n) is 5.25. The number of piperidine rings is 2. The van der Waals surface area contributed by atoms with E-state index in [1.54, 1.807) is 12.1 Å². The van der Waals surface area contributed by atoms with E-state index in [4.69, 9.17) is 0 Å². The monoisotopic (exact) mass is 260 g/mol. The lowest BCUT2D eigenvalue weighted by atomic mass is 9.77. The molecule has 3 atom stereocenters. The molecule has 1 aromatic rings. The standard InChI is InChI=1S/C16H21FN2/c17-13-3-4-14-11(8-13)5-7-19-10-12-2-1-6-18-15(12)9-16(14)19/h3-4,8,12,15-16,18H,1-2,5-7,9-10H2/t12-,15+,16+/m0/s1. The van der Waals surface area contributed by atoms with Crippen LogP contribution in [0.25, 0.3) is 0 Å². The first-order valence-corrected chi connectivity index (χ1v) is 7.57. The van der Waals surface area contributed by atoms with E-state index in [9.17, 15) is 4.39 Å². The van der Waals surface area contributed by atoms with E-state index in [1.807, 2.05) is 6.07 Å². The van der Waals surface area contributed by atoms with Gasteiger partial charge in [0.2, 0.25) is 0 Å². The van der Waals surface area contributed by atoms with Gasteiger partial charge in [0.1, 0.15) is 5.82 Å². The number of benzene rings is 1. The van der Waals surface area contributed by atoms with Gasteiger partial charge < -0.3 is 5.32 Å². The van der Waals surface area contributed by atoms with E-state index in [0.29, 0.717) is 12.1 Å². The van der Waals surface area contributed by atoms with Gasteiger partial charge in [-0.2, -0.15) is 0 Å². The van der Waals surface area contributed by atoms with Gasteiger partial charge in [-0.1, -0.05) is 6.07 Å². The van der Waals surface area contributed by atoms with Crippen molar-refractivity contribution >= 4 is 0 Å². The van der Waals surface area contributed by atoms with Crippen LogP contribution >= 0.6 is 0 Å². The van der Waals surface area contributed by atoms with Crippen molar-refractivity contribution in [3.63, 3.8) is 0 Å². The molecule has 0 aliphatic carbocycles. The SMILES string of the molecule is Fc1ccc2c(c1)CCN1C[C@@H]3CCCN[C@@H]3C[C@H]21. The van der Waals surface area contributed by atoms with Gasteiger partial charge in [-0.3, -0.25) is 4.90 Å². The largest absolute Gasteiger partial charge is 0.314 e. The van der Waals surface area contributed by atoms with E-state index >= 15 is 0 Å². The molecule has 0 unspecified atom stereocenters. The third kappa shape index (κ3) is 2.00. The van der Waals surface area contributed by atoms with Crippen molar-refractivity contribution in [3.05, 3.63) is 35.1 Å². The summed E-state index contributed by atoms with van der Waals surface area (Å²) in [5, 5.41) is 3.70. The Morgan fingerprint density at radius 1 is 1.32 bits per heavy atom. The predicted molar refractivity (Wildman–Crippen MR) is 73.5 cm³/mol. The predicted octanol–water partition coefficient (Wildman–Crippen LogP) is 2.50. The maximum atomic E-state index is 13.4.